The average molecular weight is 518 g/mol. The van der Waals surface area contributed by atoms with E-state index in [0.29, 0.717) is 11.6 Å². The van der Waals surface area contributed by atoms with Crippen molar-refractivity contribution in [2.24, 2.45) is 0 Å². The van der Waals surface area contributed by atoms with Gasteiger partial charge in [-0.05, 0) is 41.7 Å². The van der Waals surface area contributed by atoms with Gasteiger partial charge in [0.25, 0.3) is 0 Å². The number of carbonyl (C=O) groups is 2. The number of nitrogens with zero attached hydrogens (tertiary/aromatic N) is 1. The van der Waals surface area contributed by atoms with E-state index in [9.17, 15) is 31.4 Å². The van der Waals surface area contributed by atoms with Gasteiger partial charge in [-0.15, -0.1) is 0 Å². The number of nitrogens with one attached hydrogen (secondary N) is 1. The zero-order valence-electron chi connectivity index (χ0n) is 18.3. The Kier molecular flexibility index (Phi) is 9.23. The summed E-state index contributed by atoms with van der Waals surface area (Å²) < 4.78 is 63.5. The quantitative estimate of drug-likeness (QED) is 0.361. The largest absolute Gasteiger partial charge is 0.506 e. The number of benzene rings is 2. The highest BCUT2D eigenvalue weighted by atomic mass is 19.4. The van der Waals surface area contributed by atoms with Crippen LogP contribution in [0.15, 0.2) is 54.7 Å². The van der Waals surface area contributed by atoms with Gasteiger partial charge in [0.2, 0.25) is 0 Å². The molecule has 1 unspecified atom stereocenters. The van der Waals surface area contributed by atoms with Crippen molar-refractivity contribution in [1.29, 1.82) is 0 Å². The van der Waals surface area contributed by atoms with Crippen molar-refractivity contribution in [3.63, 3.8) is 0 Å². The zero-order valence-corrected chi connectivity index (χ0v) is 18.3. The van der Waals surface area contributed by atoms with Gasteiger partial charge in [-0.25, -0.2) is 9.59 Å². The van der Waals surface area contributed by atoms with E-state index >= 15 is 0 Å². The van der Waals surface area contributed by atoms with Crippen LogP contribution in [0.2, 0.25) is 0 Å². The SMILES string of the molecule is O=C(O)C(F)(F)F.O=C(O)C(F)(F)F.Oc1ccc(CNC2CCc3ccccc32)c2cccnc12. The highest BCUT2D eigenvalue weighted by Crippen LogP contribution is 2.32. The van der Waals surface area contributed by atoms with Gasteiger partial charge in [0.15, 0.2) is 0 Å². The highest BCUT2D eigenvalue weighted by Gasteiger charge is 2.38. The molecule has 0 fully saturated rings. The number of hydrogen-bond acceptors (Lipinski definition) is 5. The minimum atomic E-state index is -5.08. The lowest BCUT2D eigenvalue weighted by Crippen LogP contribution is -2.21. The second-order valence-electron chi connectivity index (χ2n) is 7.42. The van der Waals surface area contributed by atoms with Gasteiger partial charge >= 0.3 is 24.3 Å². The maximum atomic E-state index is 10.6. The van der Waals surface area contributed by atoms with Gasteiger partial charge in [-0.1, -0.05) is 36.4 Å². The lowest BCUT2D eigenvalue weighted by Gasteiger charge is -2.15. The Morgan fingerprint density at radius 3 is 2.08 bits per heavy atom. The summed E-state index contributed by atoms with van der Waals surface area (Å²) in [6.45, 7) is 0.779. The van der Waals surface area contributed by atoms with Crippen molar-refractivity contribution in [3.05, 3.63) is 71.4 Å². The normalized spacial score (nSPS) is 14.7. The van der Waals surface area contributed by atoms with Gasteiger partial charge in [-0.3, -0.25) is 4.98 Å². The molecule has 1 aliphatic carbocycles. The number of aliphatic carboxylic acids is 2. The number of carboxylic acids is 2. The average Bonchev–Trinajstić information content (AvgIpc) is 3.22. The van der Waals surface area contributed by atoms with Crippen molar-refractivity contribution in [2.45, 2.75) is 37.8 Å². The van der Waals surface area contributed by atoms with Crippen LogP contribution in [0.25, 0.3) is 10.9 Å². The molecule has 194 valence electrons. The third-order valence-corrected chi connectivity index (χ3v) is 5.00. The number of pyridine rings is 1. The number of aryl methyl sites for hydroxylation is 1. The summed E-state index contributed by atoms with van der Waals surface area (Å²) in [6.07, 6.45) is -6.16. The van der Waals surface area contributed by atoms with E-state index in [1.165, 1.54) is 16.7 Å². The molecular weight excluding hydrogens is 498 g/mol. The van der Waals surface area contributed by atoms with E-state index in [1.54, 1.807) is 12.3 Å². The van der Waals surface area contributed by atoms with Crippen LogP contribution in [0.3, 0.4) is 0 Å². The van der Waals surface area contributed by atoms with E-state index in [-0.39, 0.29) is 5.75 Å². The Labute approximate surface area is 200 Å². The van der Waals surface area contributed by atoms with E-state index in [2.05, 4.69) is 34.6 Å². The Bertz CT molecular complexity index is 1190. The number of aromatic hydroxyl groups is 1. The minimum absolute atomic E-state index is 0.241. The summed E-state index contributed by atoms with van der Waals surface area (Å²) in [5, 5.41) is 28.8. The van der Waals surface area contributed by atoms with E-state index < -0.39 is 24.3 Å². The third-order valence-electron chi connectivity index (χ3n) is 5.00. The number of phenols is 1. The molecule has 13 heteroatoms. The number of halogens is 6. The lowest BCUT2D eigenvalue weighted by molar-refractivity contribution is -0.193. The molecule has 4 N–H and O–H groups in total. The van der Waals surface area contributed by atoms with Crippen LogP contribution in [0.5, 0.6) is 5.75 Å². The minimum Gasteiger partial charge on any atom is -0.506 e. The Morgan fingerprint density at radius 1 is 0.917 bits per heavy atom. The molecule has 1 heterocycles. The molecule has 4 rings (SSSR count). The van der Waals surface area contributed by atoms with Gasteiger partial charge in [0.05, 0.1) is 0 Å². The summed E-state index contributed by atoms with van der Waals surface area (Å²) in [4.78, 5) is 22.1. The number of fused-ring (bicyclic) bond motifs is 2. The van der Waals surface area contributed by atoms with Crippen LogP contribution < -0.4 is 5.32 Å². The molecule has 0 radical (unpaired) electrons. The first kappa shape index (κ1) is 28.4. The van der Waals surface area contributed by atoms with Crippen LogP contribution >= 0.6 is 0 Å². The van der Waals surface area contributed by atoms with Crippen LogP contribution in [-0.4, -0.2) is 44.6 Å². The first-order valence-corrected chi connectivity index (χ1v) is 10.2. The fourth-order valence-electron chi connectivity index (χ4n) is 3.37. The fraction of sp³-hybridized carbons (Fsp3) is 0.261. The first-order chi connectivity index (χ1) is 16.7. The zero-order chi connectivity index (χ0) is 27.1. The highest BCUT2D eigenvalue weighted by molar-refractivity contribution is 5.87. The maximum Gasteiger partial charge on any atom is 0.490 e. The number of hydrogen-bond donors (Lipinski definition) is 4. The molecule has 1 aromatic heterocycles. The summed E-state index contributed by atoms with van der Waals surface area (Å²) >= 11 is 0. The molecule has 3 aromatic rings. The standard InChI is InChI=1S/C19H18N2O.2C2HF3O2/c22-18-10-8-14(16-6-3-11-20-19(16)18)12-21-17-9-7-13-4-1-2-5-15(13)17;2*3-2(4,5)1(6)7/h1-6,8,10-11,17,21-22H,7,9,12H2;2*(H,6,7). The van der Waals surface area contributed by atoms with E-state index in [1.807, 2.05) is 18.2 Å². The molecular formula is C23H20F6N2O5. The smallest absolute Gasteiger partial charge is 0.490 e. The molecule has 0 saturated heterocycles. The van der Waals surface area contributed by atoms with Crippen LogP contribution in [0.1, 0.15) is 29.2 Å². The molecule has 2 aromatic carbocycles. The van der Waals surface area contributed by atoms with E-state index in [4.69, 9.17) is 19.8 Å². The summed E-state index contributed by atoms with van der Waals surface area (Å²) in [5.74, 6) is -5.27. The second-order valence-corrected chi connectivity index (χ2v) is 7.42. The Balaban J connectivity index is 0.000000271. The number of carboxylic acid groups (broad SMARTS) is 2. The molecule has 7 nitrogen and oxygen atoms in total. The van der Waals surface area contributed by atoms with Gasteiger partial charge < -0.3 is 20.6 Å². The molecule has 1 atom stereocenters. The molecule has 0 bridgehead atoms. The van der Waals surface area contributed by atoms with E-state index in [0.717, 1.165) is 24.8 Å². The number of phenolic OH excluding ortho intramolecular Hbond substituents is 1. The van der Waals surface area contributed by atoms with Crippen molar-refractivity contribution < 1.29 is 51.3 Å². The Hall–Kier alpha value is -3.87. The van der Waals surface area contributed by atoms with Gasteiger partial charge in [-0.2, -0.15) is 26.3 Å². The van der Waals surface area contributed by atoms with Crippen LogP contribution in [0, 0.1) is 0 Å². The number of rotatable bonds is 3. The fourth-order valence-corrected chi connectivity index (χ4v) is 3.37. The number of aromatic nitrogens is 1. The summed E-state index contributed by atoms with van der Waals surface area (Å²) in [5.41, 5.74) is 4.72. The first-order valence-electron chi connectivity index (χ1n) is 10.2. The van der Waals surface area contributed by atoms with Crippen molar-refractivity contribution in [2.75, 3.05) is 0 Å². The lowest BCUT2D eigenvalue weighted by atomic mass is 10.1. The molecule has 0 amide bonds. The van der Waals surface area contributed by atoms with Gasteiger partial charge in [0.1, 0.15) is 11.3 Å². The second kappa shape index (κ2) is 11.7. The van der Waals surface area contributed by atoms with Gasteiger partial charge in [0, 0.05) is 24.2 Å². The van der Waals surface area contributed by atoms with Crippen LogP contribution in [-0.2, 0) is 22.6 Å². The predicted octanol–water partition coefficient (Wildman–Crippen LogP) is 4.98. The molecule has 0 saturated carbocycles. The van der Waals surface area contributed by atoms with Crippen molar-refractivity contribution in [3.8, 4) is 5.75 Å². The Morgan fingerprint density at radius 2 is 1.50 bits per heavy atom. The molecule has 36 heavy (non-hydrogen) atoms. The predicted molar refractivity (Wildman–Crippen MR) is 115 cm³/mol. The van der Waals surface area contributed by atoms with Crippen LogP contribution in [0.4, 0.5) is 26.3 Å². The molecule has 0 spiro atoms. The molecule has 1 aliphatic rings. The summed E-state index contributed by atoms with van der Waals surface area (Å²) in [7, 11) is 0. The third kappa shape index (κ3) is 7.83. The maximum absolute atomic E-state index is 10.6. The topological polar surface area (TPSA) is 120 Å². The monoisotopic (exact) mass is 518 g/mol. The summed E-state index contributed by atoms with van der Waals surface area (Å²) in [6, 6.07) is 16.7. The van der Waals surface area contributed by atoms with Crippen molar-refractivity contribution >= 4 is 22.8 Å². The van der Waals surface area contributed by atoms with Crippen molar-refractivity contribution in [1.82, 2.24) is 10.3 Å². The molecule has 0 aliphatic heterocycles. The number of alkyl halides is 6.